The van der Waals surface area contributed by atoms with E-state index in [1.807, 2.05) is 0 Å². The van der Waals surface area contributed by atoms with Crippen LogP contribution in [0.2, 0.25) is 0 Å². The van der Waals surface area contributed by atoms with Crippen LogP contribution in [-0.4, -0.2) is 13.6 Å². The highest BCUT2D eigenvalue weighted by atomic mass is 15.1. The van der Waals surface area contributed by atoms with Crippen molar-refractivity contribution >= 4 is 5.69 Å². The number of aryl methyl sites for hydroxylation is 2. The molecule has 1 aliphatic heterocycles. The van der Waals surface area contributed by atoms with Crippen molar-refractivity contribution in [2.24, 2.45) is 0 Å². The minimum absolute atomic E-state index is 1.20. The van der Waals surface area contributed by atoms with E-state index in [-0.39, 0.29) is 0 Å². The van der Waals surface area contributed by atoms with Gasteiger partial charge in [0, 0.05) is 19.3 Å². The van der Waals surface area contributed by atoms with E-state index in [9.17, 15) is 0 Å². The van der Waals surface area contributed by atoms with Crippen LogP contribution >= 0.6 is 0 Å². The smallest absolute Gasteiger partial charge is 0.0396 e. The van der Waals surface area contributed by atoms with E-state index < -0.39 is 0 Å². The molecule has 0 N–H and O–H groups in total. The summed E-state index contributed by atoms with van der Waals surface area (Å²) in [6.07, 6.45) is 3.91. The van der Waals surface area contributed by atoms with Crippen LogP contribution in [0, 0.1) is 6.92 Å². The number of fused-ring (bicyclic) bond motifs is 1. The second-order valence-electron chi connectivity index (χ2n) is 4.01. The Bertz CT molecular complexity index is 304. The molecule has 1 heterocycles. The average molecular weight is 175 g/mol. The van der Waals surface area contributed by atoms with Crippen molar-refractivity contribution in [2.45, 2.75) is 26.2 Å². The first-order valence-corrected chi connectivity index (χ1v) is 5.08. The van der Waals surface area contributed by atoms with Crippen LogP contribution in [0.5, 0.6) is 0 Å². The zero-order valence-electron chi connectivity index (χ0n) is 8.51. The van der Waals surface area contributed by atoms with Gasteiger partial charge in [0.25, 0.3) is 0 Å². The molecule has 0 radical (unpaired) electrons. The number of hydrogen-bond donors (Lipinski definition) is 0. The molecule has 0 amide bonds. The van der Waals surface area contributed by atoms with Gasteiger partial charge in [-0.3, -0.25) is 0 Å². The first-order chi connectivity index (χ1) is 6.27. The predicted molar refractivity (Wildman–Crippen MR) is 57.4 cm³/mol. The molecule has 1 aliphatic rings. The summed E-state index contributed by atoms with van der Waals surface area (Å²) in [6.45, 7) is 3.38. The Kier molecular flexibility index (Phi) is 2.26. The third kappa shape index (κ3) is 1.69. The number of hydrogen-bond acceptors (Lipinski definition) is 1. The largest absolute Gasteiger partial charge is 0.374 e. The van der Waals surface area contributed by atoms with Gasteiger partial charge in [-0.2, -0.15) is 0 Å². The predicted octanol–water partition coefficient (Wildman–Crippen LogP) is 2.77. The monoisotopic (exact) mass is 175 g/mol. The average Bonchev–Trinajstić information content (AvgIpc) is 2.28. The fraction of sp³-hybridized carbons (Fsp3) is 0.500. The van der Waals surface area contributed by atoms with Crippen molar-refractivity contribution in [3.63, 3.8) is 0 Å². The lowest BCUT2D eigenvalue weighted by Gasteiger charge is -2.19. The maximum absolute atomic E-state index is 2.38. The molecule has 0 spiro atoms. The van der Waals surface area contributed by atoms with Crippen LogP contribution in [0.4, 0.5) is 5.69 Å². The van der Waals surface area contributed by atoms with Crippen LogP contribution in [-0.2, 0) is 6.42 Å². The van der Waals surface area contributed by atoms with E-state index in [4.69, 9.17) is 0 Å². The Morgan fingerprint density at radius 2 is 2.08 bits per heavy atom. The lowest BCUT2D eigenvalue weighted by molar-refractivity contribution is 0.750. The molecule has 1 heteroatoms. The summed E-state index contributed by atoms with van der Waals surface area (Å²) in [6, 6.07) is 6.80. The third-order valence-electron chi connectivity index (χ3n) is 2.84. The van der Waals surface area contributed by atoms with Crippen LogP contribution in [0.15, 0.2) is 18.2 Å². The number of anilines is 1. The summed E-state index contributed by atoms with van der Waals surface area (Å²) in [5.41, 5.74) is 4.34. The van der Waals surface area contributed by atoms with Crippen LogP contribution in [0.3, 0.4) is 0 Å². The Balaban J connectivity index is 2.42. The molecular weight excluding hydrogens is 158 g/mol. The van der Waals surface area contributed by atoms with E-state index in [1.54, 1.807) is 0 Å². The summed E-state index contributed by atoms with van der Waals surface area (Å²) >= 11 is 0. The Morgan fingerprint density at radius 3 is 2.92 bits per heavy atom. The van der Waals surface area contributed by atoms with Gasteiger partial charge in [-0.25, -0.2) is 0 Å². The molecule has 0 aliphatic carbocycles. The summed E-state index contributed by atoms with van der Waals surface area (Å²) in [4.78, 5) is 2.38. The van der Waals surface area contributed by atoms with Gasteiger partial charge >= 0.3 is 0 Å². The zero-order valence-corrected chi connectivity index (χ0v) is 8.51. The van der Waals surface area contributed by atoms with Gasteiger partial charge in [-0.15, -0.1) is 0 Å². The van der Waals surface area contributed by atoms with Gasteiger partial charge < -0.3 is 4.90 Å². The van der Waals surface area contributed by atoms with Crippen molar-refractivity contribution < 1.29 is 0 Å². The Morgan fingerprint density at radius 1 is 1.23 bits per heavy atom. The molecule has 70 valence electrons. The first-order valence-electron chi connectivity index (χ1n) is 5.08. The van der Waals surface area contributed by atoms with E-state index in [2.05, 4.69) is 37.1 Å². The van der Waals surface area contributed by atoms with Crippen molar-refractivity contribution in [2.75, 3.05) is 18.5 Å². The maximum Gasteiger partial charge on any atom is 0.0396 e. The van der Waals surface area contributed by atoms with Gasteiger partial charge in [-0.1, -0.05) is 17.7 Å². The van der Waals surface area contributed by atoms with E-state index in [0.717, 1.165) is 0 Å². The molecule has 13 heavy (non-hydrogen) atoms. The van der Waals surface area contributed by atoms with E-state index >= 15 is 0 Å². The first kappa shape index (κ1) is 8.61. The molecule has 0 saturated heterocycles. The topological polar surface area (TPSA) is 3.24 Å². The summed E-state index contributed by atoms with van der Waals surface area (Å²) in [7, 11) is 2.19. The summed E-state index contributed by atoms with van der Waals surface area (Å²) in [5, 5.41) is 0. The second-order valence-corrected chi connectivity index (χ2v) is 4.01. The van der Waals surface area contributed by atoms with Crippen molar-refractivity contribution in [1.29, 1.82) is 0 Å². The molecule has 0 atom stereocenters. The van der Waals surface area contributed by atoms with E-state index in [0.29, 0.717) is 0 Å². The Labute approximate surface area is 80.4 Å². The quantitative estimate of drug-likeness (QED) is 0.586. The Hall–Kier alpha value is -0.980. The van der Waals surface area contributed by atoms with Crippen LogP contribution in [0.25, 0.3) is 0 Å². The summed E-state index contributed by atoms with van der Waals surface area (Å²) in [5.74, 6) is 0. The molecule has 2 rings (SSSR count). The molecule has 1 nitrogen and oxygen atoms in total. The molecule has 0 bridgehead atoms. The number of benzene rings is 1. The second kappa shape index (κ2) is 3.41. The van der Waals surface area contributed by atoms with Gasteiger partial charge in [0.05, 0.1) is 0 Å². The molecule has 0 unspecified atom stereocenters. The molecule has 0 aromatic heterocycles. The van der Waals surface area contributed by atoms with Gasteiger partial charge in [0.2, 0.25) is 0 Å². The highest BCUT2D eigenvalue weighted by Crippen LogP contribution is 2.25. The fourth-order valence-electron chi connectivity index (χ4n) is 2.07. The van der Waals surface area contributed by atoms with Gasteiger partial charge in [0.1, 0.15) is 0 Å². The van der Waals surface area contributed by atoms with Crippen molar-refractivity contribution in [3.05, 3.63) is 29.3 Å². The molecule has 0 saturated carbocycles. The lowest BCUT2D eigenvalue weighted by Crippen LogP contribution is -2.17. The van der Waals surface area contributed by atoms with Crippen molar-refractivity contribution in [1.82, 2.24) is 0 Å². The number of nitrogens with zero attached hydrogens (tertiary/aromatic N) is 1. The standard InChI is InChI=1S/C12H17N/c1-10-6-7-12-11(9-10)5-3-4-8-13(12)2/h6-7,9H,3-5,8H2,1-2H3. The molecule has 1 aromatic carbocycles. The normalized spacial score (nSPS) is 16.6. The minimum atomic E-state index is 1.20. The maximum atomic E-state index is 2.38. The van der Waals surface area contributed by atoms with Crippen molar-refractivity contribution in [3.8, 4) is 0 Å². The molecule has 1 aromatic rings. The minimum Gasteiger partial charge on any atom is -0.374 e. The lowest BCUT2D eigenvalue weighted by atomic mass is 10.1. The number of rotatable bonds is 0. The highest BCUT2D eigenvalue weighted by Gasteiger charge is 2.10. The fourth-order valence-corrected chi connectivity index (χ4v) is 2.07. The van der Waals surface area contributed by atoms with Crippen LogP contribution < -0.4 is 4.90 Å². The summed E-state index contributed by atoms with van der Waals surface area (Å²) < 4.78 is 0. The zero-order chi connectivity index (χ0) is 9.26. The highest BCUT2D eigenvalue weighted by molar-refractivity contribution is 5.55. The SMILES string of the molecule is Cc1ccc2c(c1)CCCCN2C. The van der Waals surface area contributed by atoms with Gasteiger partial charge in [-0.05, 0) is 37.8 Å². The van der Waals surface area contributed by atoms with Crippen LogP contribution in [0.1, 0.15) is 24.0 Å². The third-order valence-corrected chi connectivity index (χ3v) is 2.84. The molecule has 0 fully saturated rings. The molecular formula is C12H17N. The van der Waals surface area contributed by atoms with Gasteiger partial charge in [0.15, 0.2) is 0 Å². The van der Waals surface area contributed by atoms with E-state index in [1.165, 1.54) is 42.6 Å².